The molecule has 1 aliphatic rings. The number of sulfone groups is 1. The summed E-state index contributed by atoms with van der Waals surface area (Å²) >= 11 is 0. The van der Waals surface area contributed by atoms with Gasteiger partial charge in [0.15, 0.2) is 9.84 Å². The zero-order chi connectivity index (χ0) is 17.3. The predicted molar refractivity (Wildman–Crippen MR) is 85.7 cm³/mol. The van der Waals surface area contributed by atoms with Crippen LogP contribution in [0.25, 0.3) is 0 Å². The molecule has 1 saturated heterocycles. The van der Waals surface area contributed by atoms with Gasteiger partial charge in [-0.05, 0) is 18.6 Å². The summed E-state index contributed by atoms with van der Waals surface area (Å²) in [4.78, 5) is 18.6. The molecule has 24 heavy (non-hydrogen) atoms. The molecule has 0 unspecified atom stereocenters. The van der Waals surface area contributed by atoms with Gasteiger partial charge in [-0.2, -0.15) is 5.10 Å². The van der Waals surface area contributed by atoms with Crippen LogP contribution >= 0.6 is 0 Å². The number of ether oxygens (including phenoxy) is 1. The molecule has 3 rings (SSSR count). The molecule has 0 bridgehead atoms. The van der Waals surface area contributed by atoms with Crippen LogP contribution in [0.2, 0.25) is 0 Å². The lowest BCUT2D eigenvalue weighted by molar-refractivity contribution is 0.0786. The molecule has 1 N–H and O–H groups in total. The van der Waals surface area contributed by atoms with Crippen molar-refractivity contribution in [3.05, 3.63) is 35.8 Å². The van der Waals surface area contributed by atoms with Crippen molar-refractivity contribution in [3.63, 3.8) is 0 Å². The third-order valence-electron chi connectivity index (χ3n) is 4.11. The Balaban J connectivity index is 1.81. The fourth-order valence-corrected chi connectivity index (χ4v) is 3.80. The molecule has 0 saturated carbocycles. The minimum Gasteiger partial charge on any atom is -0.480 e. The lowest BCUT2D eigenvalue weighted by Gasteiger charge is -2.17. The van der Waals surface area contributed by atoms with E-state index in [1.807, 2.05) is 0 Å². The highest BCUT2D eigenvalue weighted by Crippen LogP contribution is 2.31. The molecule has 0 radical (unpaired) electrons. The van der Waals surface area contributed by atoms with Crippen LogP contribution in [0.15, 0.2) is 29.4 Å². The second-order valence-electron chi connectivity index (χ2n) is 5.72. The van der Waals surface area contributed by atoms with Gasteiger partial charge in [0.2, 0.25) is 5.88 Å². The number of hydrogen-bond donors (Lipinski definition) is 1. The van der Waals surface area contributed by atoms with Crippen molar-refractivity contribution in [3.8, 4) is 5.88 Å². The Kier molecular flexibility index (Phi) is 4.27. The smallest absolute Gasteiger partial charge is 0.259 e. The van der Waals surface area contributed by atoms with Crippen LogP contribution < -0.4 is 4.74 Å². The summed E-state index contributed by atoms with van der Waals surface area (Å²) in [5.74, 6) is 0.0102. The molecule has 3 heterocycles. The van der Waals surface area contributed by atoms with E-state index in [9.17, 15) is 13.2 Å². The average Bonchev–Trinajstić information content (AvgIpc) is 3.22. The van der Waals surface area contributed by atoms with E-state index in [2.05, 4.69) is 15.2 Å². The first-order valence-corrected chi connectivity index (χ1v) is 9.32. The number of aromatic nitrogens is 3. The largest absolute Gasteiger partial charge is 0.480 e. The lowest BCUT2D eigenvalue weighted by Crippen LogP contribution is -2.29. The maximum Gasteiger partial charge on any atom is 0.259 e. The fraction of sp³-hybridized carbons (Fsp3) is 0.400. The molecule has 9 heteroatoms. The Morgan fingerprint density at radius 2 is 2.25 bits per heavy atom. The first kappa shape index (κ1) is 16.4. The second-order valence-corrected chi connectivity index (χ2v) is 7.70. The van der Waals surface area contributed by atoms with E-state index in [1.54, 1.807) is 23.2 Å². The van der Waals surface area contributed by atoms with E-state index >= 15 is 0 Å². The highest BCUT2D eigenvalue weighted by Gasteiger charge is 2.33. The van der Waals surface area contributed by atoms with Gasteiger partial charge in [-0.15, -0.1) is 0 Å². The highest BCUT2D eigenvalue weighted by atomic mass is 32.2. The van der Waals surface area contributed by atoms with Crippen LogP contribution in [0.3, 0.4) is 0 Å². The Hall–Kier alpha value is -2.42. The van der Waals surface area contributed by atoms with E-state index in [1.165, 1.54) is 13.3 Å². The molecule has 1 fully saturated rings. The van der Waals surface area contributed by atoms with E-state index in [4.69, 9.17) is 4.74 Å². The van der Waals surface area contributed by atoms with Crippen molar-refractivity contribution in [2.24, 2.45) is 0 Å². The van der Waals surface area contributed by atoms with Crippen LogP contribution in [0.4, 0.5) is 0 Å². The Morgan fingerprint density at radius 1 is 1.46 bits per heavy atom. The van der Waals surface area contributed by atoms with Crippen LogP contribution in [0.5, 0.6) is 5.88 Å². The molecular formula is C15H18N4O4S. The monoisotopic (exact) mass is 350 g/mol. The summed E-state index contributed by atoms with van der Waals surface area (Å²) in [6.45, 7) is 0.950. The van der Waals surface area contributed by atoms with Gasteiger partial charge in [0, 0.05) is 31.5 Å². The van der Waals surface area contributed by atoms with Crippen molar-refractivity contribution in [2.45, 2.75) is 17.2 Å². The summed E-state index contributed by atoms with van der Waals surface area (Å²) in [5, 5.41) is 6.62. The molecule has 2 aromatic heterocycles. The van der Waals surface area contributed by atoms with E-state index < -0.39 is 9.84 Å². The van der Waals surface area contributed by atoms with E-state index in [0.29, 0.717) is 30.8 Å². The van der Waals surface area contributed by atoms with Crippen molar-refractivity contribution in [2.75, 3.05) is 26.5 Å². The van der Waals surface area contributed by atoms with Crippen LogP contribution in [0.1, 0.15) is 28.4 Å². The van der Waals surface area contributed by atoms with Gasteiger partial charge in [-0.3, -0.25) is 9.89 Å². The van der Waals surface area contributed by atoms with Crippen LogP contribution in [0, 0.1) is 0 Å². The quantitative estimate of drug-likeness (QED) is 0.876. The number of amides is 1. The third-order valence-corrected chi connectivity index (χ3v) is 5.23. The molecule has 8 nitrogen and oxygen atoms in total. The van der Waals surface area contributed by atoms with Gasteiger partial charge >= 0.3 is 0 Å². The van der Waals surface area contributed by atoms with Gasteiger partial charge in [-0.25, -0.2) is 13.4 Å². The number of nitrogens with one attached hydrogen (secondary N) is 1. The molecule has 128 valence electrons. The number of methoxy groups -OCH3 is 1. The lowest BCUT2D eigenvalue weighted by atomic mass is 10.1. The summed E-state index contributed by atoms with van der Waals surface area (Å²) < 4.78 is 28.8. The summed E-state index contributed by atoms with van der Waals surface area (Å²) in [6, 6.07) is 3.35. The van der Waals surface area contributed by atoms with Crippen molar-refractivity contribution in [1.82, 2.24) is 20.1 Å². The number of aromatic amines is 1. The Bertz CT molecular complexity index is 862. The molecular weight excluding hydrogens is 332 g/mol. The summed E-state index contributed by atoms with van der Waals surface area (Å²) in [6.07, 6.45) is 4.70. The maximum atomic E-state index is 12.7. The molecule has 2 aromatic rings. The molecule has 0 aliphatic carbocycles. The molecule has 0 spiro atoms. The SMILES string of the molecule is COc1ncccc1C(=O)N1CC[C@H](c2[nH]ncc2S(C)(=O)=O)C1. The molecule has 1 amide bonds. The van der Waals surface area contributed by atoms with Crippen molar-refractivity contribution >= 4 is 15.7 Å². The molecule has 1 atom stereocenters. The number of carbonyl (C=O) groups excluding carboxylic acids is 1. The number of likely N-dealkylation sites (tertiary alicyclic amines) is 1. The molecule has 1 aliphatic heterocycles. The van der Waals surface area contributed by atoms with E-state index in [-0.39, 0.29) is 22.6 Å². The minimum atomic E-state index is -3.36. The average molecular weight is 350 g/mol. The van der Waals surface area contributed by atoms with Gasteiger partial charge in [0.25, 0.3) is 5.91 Å². The van der Waals surface area contributed by atoms with Crippen LogP contribution in [-0.4, -0.2) is 60.9 Å². The number of rotatable bonds is 4. The van der Waals surface area contributed by atoms with E-state index in [0.717, 1.165) is 6.26 Å². The normalized spacial score (nSPS) is 17.9. The highest BCUT2D eigenvalue weighted by molar-refractivity contribution is 7.90. The maximum absolute atomic E-state index is 12.7. The summed E-state index contributed by atoms with van der Waals surface area (Å²) in [5.41, 5.74) is 0.958. The summed E-state index contributed by atoms with van der Waals surface area (Å²) in [7, 11) is -1.89. The van der Waals surface area contributed by atoms with Gasteiger partial charge in [0.1, 0.15) is 10.5 Å². The van der Waals surface area contributed by atoms with Crippen molar-refractivity contribution in [1.29, 1.82) is 0 Å². The Morgan fingerprint density at radius 3 is 2.96 bits per heavy atom. The second kappa shape index (κ2) is 6.23. The zero-order valence-corrected chi connectivity index (χ0v) is 14.2. The van der Waals surface area contributed by atoms with Gasteiger partial charge in [0.05, 0.1) is 19.0 Å². The van der Waals surface area contributed by atoms with Gasteiger partial charge in [-0.1, -0.05) is 0 Å². The standard InChI is InChI=1S/C15H18N4O4S/c1-23-14-11(4-3-6-16-14)15(20)19-7-5-10(9-19)13-12(8-17-18-13)24(2,21)22/h3-4,6,8,10H,5,7,9H2,1-2H3,(H,17,18)/t10-/m0/s1. The number of H-pyrrole nitrogens is 1. The molecule has 0 aromatic carbocycles. The number of hydrogen-bond acceptors (Lipinski definition) is 6. The zero-order valence-electron chi connectivity index (χ0n) is 13.4. The number of carbonyl (C=O) groups is 1. The first-order valence-electron chi connectivity index (χ1n) is 7.43. The number of nitrogens with zero attached hydrogens (tertiary/aromatic N) is 3. The Labute approximate surface area is 139 Å². The van der Waals surface area contributed by atoms with Crippen LogP contribution in [-0.2, 0) is 9.84 Å². The minimum absolute atomic E-state index is 0.0937. The first-order chi connectivity index (χ1) is 11.4. The predicted octanol–water partition coefficient (Wildman–Crippen LogP) is 0.847. The topological polar surface area (TPSA) is 105 Å². The fourth-order valence-electron chi connectivity index (χ4n) is 2.94. The van der Waals surface area contributed by atoms with Gasteiger partial charge < -0.3 is 9.64 Å². The number of pyridine rings is 1. The van der Waals surface area contributed by atoms with Crippen molar-refractivity contribution < 1.29 is 17.9 Å². The third kappa shape index (κ3) is 2.99.